The number of carbonyl (C=O) groups is 1. The normalized spacial score (nSPS) is 13.1. The molecule has 2 aromatic carbocycles. The number of aromatic nitrogens is 1. The van der Waals surface area contributed by atoms with Crippen molar-refractivity contribution in [3.8, 4) is 17.4 Å². The highest BCUT2D eigenvalue weighted by Gasteiger charge is 2.34. The van der Waals surface area contributed by atoms with Gasteiger partial charge in [-0.1, -0.05) is 6.07 Å². The van der Waals surface area contributed by atoms with Gasteiger partial charge in [-0.15, -0.1) is 0 Å². The molecule has 1 amide bonds. The van der Waals surface area contributed by atoms with E-state index in [0.717, 1.165) is 19.2 Å². The maximum atomic E-state index is 14.0. The Morgan fingerprint density at radius 1 is 1.12 bits per heavy atom. The first-order chi connectivity index (χ1) is 15.8. The van der Waals surface area contributed by atoms with Crippen LogP contribution in [0.15, 0.2) is 53.4 Å². The minimum atomic E-state index is -4.89. The summed E-state index contributed by atoms with van der Waals surface area (Å²) in [6, 6.07) is 8.41. The molecule has 0 spiro atoms. The van der Waals surface area contributed by atoms with E-state index in [1.54, 1.807) is 0 Å². The largest absolute Gasteiger partial charge is 0.490 e. The summed E-state index contributed by atoms with van der Waals surface area (Å²) in [6.45, 7) is 0. The lowest BCUT2D eigenvalue weighted by Crippen LogP contribution is -2.16. The van der Waals surface area contributed by atoms with E-state index in [-0.39, 0.29) is 10.6 Å². The summed E-state index contributed by atoms with van der Waals surface area (Å²) in [7, 11) is -2.12. The smallest absolute Gasteiger partial charge is 0.433 e. The lowest BCUT2D eigenvalue weighted by molar-refractivity contribution is -0.141. The third-order valence-electron chi connectivity index (χ3n) is 4.36. The Bertz CT molecular complexity index is 1360. The summed E-state index contributed by atoms with van der Waals surface area (Å²) in [5.74, 6) is -5.83. The number of ether oxygens (including phenoxy) is 2. The number of nitrogens with one attached hydrogen (secondary N) is 2. The van der Waals surface area contributed by atoms with Crippen molar-refractivity contribution < 1.29 is 40.4 Å². The van der Waals surface area contributed by atoms with Crippen molar-refractivity contribution in [1.29, 1.82) is 4.78 Å². The van der Waals surface area contributed by atoms with Crippen molar-refractivity contribution in [3.63, 3.8) is 0 Å². The first-order valence-electron chi connectivity index (χ1n) is 9.24. The minimum absolute atomic E-state index is 0.0978. The maximum Gasteiger partial charge on any atom is 0.433 e. The summed E-state index contributed by atoms with van der Waals surface area (Å²) < 4.78 is 96.7. The SMILES string of the molecule is COc1c(Oc2nc(C(F)(F)F)ccc2C(=O)Nc2cccc(S(C)(=N)=O)c2)ccc(F)c1F. The summed E-state index contributed by atoms with van der Waals surface area (Å²) in [6.07, 6.45) is -3.72. The third-order valence-corrected chi connectivity index (χ3v) is 5.52. The molecule has 2 N–H and O–H groups in total. The van der Waals surface area contributed by atoms with Crippen LogP contribution in [0.3, 0.4) is 0 Å². The van der Waals surface area contributed by atoms with Crippen LogP contribution in [-0.2, 0) is 15.9 Å². The van der Waals surface area contributed by atoms with E-state index in [4.69, 9.17) is 14.3 Å². The van der Waals surface area contributed by atoms with Gasteiger partial charge < -0.3 is 14.8 Å². The van der Waals surface area contributed by atoms with E-state index >= 15 is 0 Å². The van der Waals surface area contributed by atoms with Crippen molar-refractivity contribution in [2.24, 2.45) is 0 Å². The predicted molar refractivity (Wildman–Crippen MR) is 112 cm³/mol. The molecule has 0 aliphatic carbocycles. The van der Waals surface area contributed by atoms with Crippen LogP contribution < -0.4 is 14.8 Å². The number of carbonyl (C=O) groups excluding carboxylic acids is 1. The van der Waals surface area contributed by atoms with Crippen molar-refractivity contribution in [2.75, 3.05) is 18.7 Å². The number of halogens is 5. The molecule has 0 fully saturated rings. The van der Waals surface area contributed by atoms with Gasteiger partial charge in [0.15, 0.2) is 11.6 Å². The summed E-state index contributed by atoms with van der Waals surface area (Å²) >= 11 is 0. The molecule has 3 aromatic rings. The van der Waals surface area contributed by atoms with E-state index in [1.165, 1.54) is 30.5 Å². The molecule has 7 nitrogen and oxygen atoms in total. The van der Waals surface area contributed by atoms with Crippen LogP contribution in [0.5, 0.6) is 17.4 Å². The third kappa shape index (κ3) is 5.42. The van der Waals surface area contributed by atoms with E-state index < -0.39 is 62.1 Å². The van der Waals surface area contributed by atoms with Crippen LogP contribution in [0.2, 0.25) is 0 Å². The average molecular weight is 501 g/mol. The number of hydrogen-bond acceptors (Lipinski definition) is 6. The van der Waals surface area contributed by atoms with Crippen LogP contribution in [0, 0.1) is 16.4 Å². The molecule has 0 aliphatic rings. The summed E-state index contributed by atoms with van der Waals surface area (Å²) in [4.78, 5) is 16.3. The molecule has 0 aliphatic heterocycles. The zero-order valence-electron chi connectivity index (χ0n) is 17.5. The summed E-state index contributed by atoms with van der Waals surface area (Å²) in [5.41, 5.74) is -1.78. The molecule has 0 saturated carbocycles. The zero-order chi connectivity index (χ0) is 25.3. The number of methoxy groups -OCH3 is 1. The Morgan fingerprint density at radius 2 is 1.82 bits per heavy atom. The van der Waals surface area contributed by atoms with E-state index in [9.17, 15) is 31.0 Å². The van der Waals surface area contributed by atoms with Gasteiger partial charge in [-0.2, -0.15) is 17.6 Å². The van der Waals surface area contributed by atoms with Crippen molar-refractivity contribution >= 4 is 21.3 Å². The highest BCUT2D eigenvalue weighted by atomic mass is 32.2. The molecule has 13 heteroatoms. The average Bonchev–Trinajstić information content (AvgIpc) is 2.75. The Kier molecular flexibility index (Phi) is 6.77. The molecule has 1 aromatic heterocycles. The van der Waals surface area contributed by atoms with E-state index in [0.29, 0.717) is 12.1 Å². The Hall–Kier alpha value is -3.74. The second kappa shape index (κ2) is 9.25. The second-order valence-corrected chi connectivity index (χ2v) is 9.03. The number of amides is 1. The number of anilines is 1. The van der Waals surface area contributed by atoms with Gasteiger partial charge in [0.2, 0.25) is 17.4 Å². The molecule has 180 valence electrons. The van der Waals surface area contributed by atoms with Gasteiger partial charge in [0.05, 0.1) is 16.8 Å². The zero-order valence-corrected chi connectivity index (χ0v) is 18.3. The first-order valence-corrected chi connectivity index (χ1v) is 11.2. The number of pyridine rings is 1. The molecule has 1 heterocycles. The fourth-order valence-electron chi connectivity index (χ4n) is 2.75. The molecular formula is C21H16F5N3O4S. The fourth-order valence-corrected chi connectivity index (χ4v) is 3.44. The number of nitrogens with zero attached hydrogens (tertiary/aromatic N) is 1. The molecule has 1 unspecified atom stereocenters. The van der Waals surface area contributed by atoms with Crippen molar-refractivity contribution in [3.05, 3.63) is 71.4 Å². The fraction of sp³-hybridized carbons (Fsp3) is 0.143. The van der Waals surface area contributed by atoms with Gasteiger partial charge in [-0.3, -0.25) is 4.79 Å². The molecule has 0 saturated heterocycles. The topological polar surface area (TPSA) is 101 Å². The van der Waals surface area contributed by atoms with Gasteiger partial charge in [0.25, 0.3) is 5.91 Å². The van der Waals surface area contributed by atoms with Gasteiger partial charge >= 0.3 is 6.18 Å². The van der Waals surface area contributed by atoms with Crippen LogP contribution in [0.25, 0.3) is 0 Å². The number of alkyl halides is 3. The van der Waals surface area contributed by atoms with E-state index in [2.05, 4.69) is 10.3 Å². The van der Waals surface area contributed by atoms with Gasteiger partial charge in [0.1, 0.15) is 11.3 Å². The summed E-state index contributed by atoms with van der Waals surface area (Å²) in [5, 5.41) is 2.39. The van der Waals surface area contributed by atoms with Gasteiger partial charge in [0, 0.05) is 16.8 Å². The van der Waals surface area contributed by atoms with Gasteiger partial charge in [-0.05, 0) is 42.5 Å². The lowest BCUT2D eigenvalue weighted by atomic mass is 10.2. The van der Waals surface area contributed by atoms with Crippen LogP contribution >= 0.6 is 0 Å². The van der Waals surface area contributed by atoms with E-state index in [1.807, 2.05) is 0 Å². The van der Waals surface area contributed by atoms with Crippen molar-refractivity contribution in [2.45, 2.75) is 11.1 Å². The molecule has 1 atom stereocenters. The van der Waals surface area contributed by atoms with Crippen LogP contribution in [0.4, 0.5) is 27.6 Å². The molecule has 34 heavy (non-hydrogen) atoms. The van der Waals surface area contributed by atoms with Crippen molar-refractivity contribution in [1.82, 2.24) is 4.98 Å². The Morgan fingerprint density at radius 3 is 2.44 bits per heavy atom. The Labute approximate surface area is 190 Å². The Balaban J connectivity index is 2.05. The first kappa shape index (κ1) is 24.9. The molecular weight excluding hydrogens is 485 g/mol. The molecule has 0 bridgehead atoms. The molecule has 0 radical (unpaired) electrons. The quantitative estimate of drug-likeness (QED) is 0.437. The second-order valence-electron chi connectivity index (χ2n) is 6.87. The van der Waals surface area contributed by atoms with Crippen LogP contribution in [0.1, 0.15) is 16.1 Å². The minimum Gasteiger partial charge on any atom is -0.490 e. The number of hydrogen-bond donors (Lipinski definition) is 2. The highest BCUT2D eigenvalue weighted by Crippen LogP contribution is 2.37. The predicted octanol–water partition coefficient (Wildman–Crippen LogP) is 5.47. The standard InChI is InChI=1S/C21H16F5N3O4S/c1-32-18-15(8-7-14(22)17(18)23)33-20-13(6-9-16(29-20)21(24,25)26)19(30)28-11-4-3-5-12(10-11)34(2,27)31/h3-10,27H,1-2H3,(H,28,30). The highest BCUT2D eigenvalue weighted by molar-refractivity contribution is 7.91. The van der Waals surface area contributed by atoms with Gasteiger partial charge in [-0.25, -0.2) is 18.4 Å². The number of benzene rings is 2. The van der Waals surface area contributed by atoms with Crippen LogP contribution in [-0.4, -0.2) is 28.5 Å². The number of rotatable bonds is 6. The lowest BCUT2D eigenvalue weighted by Gasteiger charge is -2.15. The molecule has 3 rings (SSSR count). The maximum absolute atomic E-state index is 14.0. The monoisotopic (exact) mass is 501 g/mol.